The van der Waals surface area contributed by atoms with Crippen molar-refractivity contribution in [2.75, 3.05) is 5.73 Å². The van der Waals surface area contributed by atoms with E-state index in [1.54, 1.807) is 4.52 Å². The maximum absolute atomic E-state index is 5.92. The largest absolute Gasteiger partial charge is 0.368 e. The summed E-state index contributed by atoms with van der Waals surface area (Å²) in [4.78, 5) is 8.80. The normalized spacial score (nSPS) is 11.0. The number of hydrogen-bond acceptors (Lipinski definition) is 4. The van der Waals surface area contributed by atoms with Gasteiger partial charge in [-0.3, -0.25) is 0 Å². The lowest BCUT2D eigenvalue weighted by Crippen LogP contribution is -2.05. The van der Waals surface area contributed by atoms with Crippen LogP contribution in [0.5, 0.6) is 0 Å². The lowest BCUT2D eigenvalue weighted by molar-refractivity contribution is 0.913. The molecule has 3 aromatic rings. The van der Waals surface area contributed by atoms with Crippen molar-refractivity contribution in [3.05, 3.63) is 39.7 Å². The first-order chi connectivity index (χ1) is 8.66. The molecule has 3 rings (SSSR count). The summed E-state index contributed by atoms with van der Waals surface area (Å²) in [5, 5.41) is 4.22. The van der Waals surface area contributed by atoms with E-state index in [0.29, 0.717) is 11.8 Å². The van der Waals surface area contributed by atoms with E-state index in [1.165, 1.54) is 0 Å². The summed E-state index contributed by atoms with van der Waals surface area (Å²) in [6, 6.07) is 9.93. The van der Waals surface area contributed by atoms with Gasteiger partial charge in [-0.25, -0.2) is 9.97 Å². The summed E-state index contributed by atoms with van der Waals surface area (Å²) in [5.41, 5.74) is 8.54. The minimum absolute atomic E-state index is 0.352. The standard InChI is InChI=1S/C12H10IN5/c1-7-15-11-9(13)10(8-5-3-2-4-6-8)16-12(14)18(11)17-7/h2-6H,1H3,(H2,14,16). The predicted molar refractivity (Wildman–Crippen MR) is 78.1 cm³/mol. The molecule has 0 aliphatic heterocycles. The Balaban J connectivity index is 2.35. The summed E-state index contributed by atoms with van der Waals surface area (Å²) in [5.74, 6) is 1.04. The molecule has 0 atom stereocenters. The van der Waals surface area contributed by atoms with Crippen molar-refractivity contribution in [2.45, 2.75) is 6.92 Å². The van der Waals surface area contributed by atoms with E-state index < -0.39 is 0 Å². The van der Waals surface area contributed by atoms with E-state index in [2.05, 4.69) is 37.7 Å². The van der Waals surface area contributed by atoms with E-state index in [9.17, 15) is 0 Å². The molecule has 0 fully saturated rings. The quantitative estimate of drug-likeness (QED) is 0.683. The first kappa shape index (κ1) is 11.4. The third-order valence-electron chi connectivity index (χ3n) is 2.61. The van der Waals surface area contributed by atoms with Crippen LogP contribution in [0.3, 0.4) is 0 Å². The molecular formula is C12H10IN5. The second-order valence-corrected chi connectivity index (χ2v) is 4.97. The molecule has 0 spiro atoms. The van der Waals surface area contributed by atoms with Crippen LogP contribution >= 0.6 is 22.6 Å². The van der Waals surface area contributed by atoms with Crippen LogP contribution in [0.1, 0.15) is 5.82 Å². The van der Waals surface area contributed by atoms with Gasteiger partial charge >= 0.3 is 0 Å². The van der Waals surface area contributed by atoms with Crippen molar-refractivity contribution >= 4 is 34.2 Å². The van der Waals surface area contributed by atoms with Crippen LogP contribution in [0.25, 0.3) is 16.9 Å². The fourth-order valence-electron chi connectivity index (χ4n) is 1.82. The van der Waals surface area contributed by atoms with Gasteiger partial charge in [0.2, 0.25) is 5.95 Å². The Hall–Kier alpha value is -1.70. The molecule has 1 aromatic carbocycles. The third-order valence-corrected chi connectivity index (χ3v) is 3.60. The molecule has 90 valence electrons. The van der Waals surface area contributed by atoms with Gasteiger partial charge in [0.25, 0.3) is 0 Å². The first-order valence-electron chi connectivity index (χ1n) is 5.40. The minimum Gasteiger partial charge on any atom is -0.368 e. The monoisotopic (exact) mass is 351 g/mol. The zero-order valence-corrected chi connectivity index (χ0v) is 11.8. The first-order valence-corrected chi connectivity index (χ1v) is 6.48. The van der Waals surface area contributed by atoms with Gasteiger partial charge in [0.15, 0.2) is 5.65 Å². The summed E-state index contributed by atoms with van der Waals surface area (Å²) >= 11 is 2.23. The molecule has 2 N–H and O–H groups in total. The van der Waals surface area contributed by atoms with E-state index in [0.717, 1.165) is 20.5 Å². The van der Waals surface area contributed by atoms with Gasteiger partial charge in [-0.1, -0.05) is 30.3 Å². The van der Waals surface area contributed by atoms with Crippen LogP contribution in [0.4, 0.5) is 5.95 Å². The zero-order chi connectivity index (χ0) is 12.7. The highest BCUT2D eigenvalue weighted by atomic mass is 127. The van der Waals surface area contributed by atoms with E-state index >= 15 is 0 Å². The molecule has 0 saturated heterocycles. The van der Waals surface area contributed by atoms with Gasteiger partial charge in [-0.15, -0.1) is 5.10 Å². The van der Waals surface area contributed by atoms with Gasteiger partial charge in [-0.2, -0.15) is 4.52 Å². The number of nitrogen functional groups attached to an aromatic ring is 1. The Kier molecular flexibility index (Phi) is 2.66. The van der Waals surface area contributed by atoms with Gasteiger partial charge < -0.3 is 5.73 Å². The molecular weight excluding hydrogens is 341 g/mol. The number of rotatable bonds is 1. The van der Waals surface area contributed by atoms with Crippen LogP contribution in [-0.2, 0) is 0 Å². The summed E-state index contributed by atoms with van der Waals surface area (Å²) in [7, 11) is 0. The molecule has 5 nitrogen and oxygen atoms in total. The van der Waals surface area contributed by atoms with Crippen LogP contribution < -0.4 is 5.73 Å². The molecule has 0 aliphatic carbocycles. The Morgan fingerprint density at radius 2 is 1.89 bits per heavy atom. The van der Waals surface area contributed by atoms with Gasteiger partial charge in [0, 0.05) is 5.56 Å². The van der Waals surface area contributed by atoms with Crippen molar-refractivity contribution in [1.29, 1.82) is 0 Å². The SMILES string of the molecule is Cc1nc2c(I)c(-c3ccccc3)nc(N)n2n1. The summed E-state index contributed by atoms with van der Waals surface area (Å²) in [6.07, 6.45) is 0. The second kappa shape index (κ2) is 4.20. The molecule has 6 heteroatoms. The van der Waals surface area contributed by atoms with Gasteiger partial charge in [0.05, 0.1) is 9.26 Å². The molecule has 2 aromatic heterocycles. The highest BCUT2D eigenvalue weighted by Crippen LogP contribution is 2.27. The Bertz CT molecular complexity index is 720. The number of nitrogens with two attached hydrogens (primary N) is 1. The molecule has 0 amide bonds. The highest BCUT2D eigenvalue weighted by molar-refractivity contribution is 14.1. The van der Waals surface area contributed by atoms with Crippen LogP contribution in [0.2, 0.25) is 0 Å². The Morgan fingerprint density at radius 3 is 2.61 bits per heavy atom. The average Bonchev–Trinajstić information content (AvgIpc) is 2.78. The second-order valence-electron chi connectivity index (χ2n) is 3.89. The molecule has 0 saturated carbocycles. The lowest BCUT2D eigenvalue weighted by atomic mass is 10.1. The molecule has 0 unspecified atom stereocenters. The smallest absolute Gasteiger partial charge is 0.223 e. The maximum Gasteiger partial charge on any atom is 0.223 e. The van der Waals surface area contributed by atoms with E-state index in [-0.39, 0.29) is 0 Å². The summed E-state index contributed by atoms with van der Waals surface area (Å²) in [6.45, 7) is 1.84. The van der Waals surface area contributed by atoms with Crippen LogP contribution in [-0.4, -0.2) is 19.6 Å². The van der Waals surface area contributed by atoms with Gasteiger partial charge in [0.1, 0.15) is 5.82 Å². The van der Waals surface area contributed by atoms with Crippen molar-refractivity contribution < 1.29 is 0 Å². The minimum atomic E-state index is 0.352. The fourth-order valence-corrected chi connectivity index (χ4v) is 2.60. The molecule has 0 radical (unpaired) electrons. The van der Waals surface area contributed by atoms with Gasteiger partial charge in [-0.05, 0) is 29.5 Å². The Labute approximate surface area is 117 Å². The lowest BCUT2D eigenvalue weighted by Gasteiger charge is -2.06. The number of fused-ring (bicyclic) bond motifs is 1. The number of nitrogens with zero attached hydrogens (tertiary/aromatic N) is 4. The molecule has 18 heavy (non-hydrogen) atoms. The van der Waals surface area contributed by atoms with Crippen molar-refractivity contribution in [1.82, 2.24) is 19.6 Å². The van der Waals surface area contributed by atoms with Crippen LogP contribution in [0.15, 0.2) is 30.3 Å². The Morgan fingerprint density at radius 1 is 1.17 bits per heavy atom. The number of halogens is 1. The van der Waals surface area contributed by atoms with Crippen molar-refractivity contribution in [3.8, 4) is 11.3 Å². The molecule has 0 bridgehead atoms. The van der Waals surface area contributed by atoms with E-state index in [1.807, 2.05) is 37.3 Å². The predicted octanol–water partition coefficient (Wildman–Crippen LogP) is 2.29. The van der Waals surface area contributed by atoms with E-state index in [4.69, 9.17) is 5.73 Å². The number of hydrogen-bond donors (Lipinski definition) is 1. The van der Waals surface area contributed by atoms with Crippen LogP contribution in [0, 0.1) is 10.5 Å². The topological polar surface area (TPSA) is 69.1 Å². The third kappa shape index (κ3) is 1.72. The number of anilines is 1. The summed E-state index contributed by atoms with van der Waals surface area (Å²) < 4.78 is 2.53. The maximum atomic E-state index is 5.92. The highest BCUT2D eigenvalue weighted by Gasteiger charge is 2.14. The number of benzene rings is 1. The average molecular weight is 351 g/mol. The molecule has 2 heterocycles. The fraction of sp³-hybridized carbons (Fsp3) is 0.0833. The number of aryl methyl sites for hydroxylation is 1. The number of aromatic nitrogens is 4. The van der Waals surface area contributed by atoms with Crippen molar-refractivity contribution in [3.63, 3.8) is 0 Å². The molecule has 0 aliphatic rings. The van der Waals surface area contributed by atoms with Crippen molar-refractivity contribution in [2.24, 2.45) is 0 Å². The zero-order valence-electron chi connectivity index (χ0n) is 9.63.